The summed E-state index contributed by atoms with van der Waals surface area (Å²) in [6.07, 6.45) is -0.571. The quantitative estimate of drug-likeness (QED) is 0.634. The van der Waals surface area contributed by atoms with Crippen LogP contribution < -0.4 is 4.74 Å². The van der Waals surface area contributed by atoms with Gasteiger partial charge in [0, 0.05) is 3.57 Å². The zero-order valence-electron chi connectivity index (χ0n) is 7.99. The molecule has 1 aromatic rings. The van der Waals surface area contributed by atoms with Crippen molar-refractivity contribution in [2.75, 3.05) is 7.11 Å². The molecule has 0 radical (unpaired) electrons. The Morgan fingerprint density at radius 2 is 2.21 bits per heavy atom. The van der Waals surface area contributed by atoms with E-state index in [9.17, 15) is 4.79 Å². The van der Waals surface area contributed by atoms with Crippen LogP contribution in [0.1, 0.15) is 6.92 Å². The van der Waals surface area contributed by atoms with Gasteiger partial charge in [-0.1, -0.05) is 6.07 Å². The summed E-state index contributed by atoms with van der Waals surface area (Å²) >= 11 is 2.18. The van der Waals surface area contributed by atoms with Gasteiger partial charge in [0.25, 0.3) is 0 Å². The van der Waals surface area contributed by atoms with Crippen molar-refractivity contribution in [1.82, 2.24) is 0 Å². The van der Waals surface area contributed by atoms with E-state index in [4.69, 9.17) is 4.74 Å². The monoisotopic (exact) mass is 306 g/mol. The van der Waals surface area contributed by atoms with Crippen molar-refractivity contribution in [2.45, 2.75) is 13.0 Å². The first-order chi connectivity index (χ1) is 6.63. The van der Waals surface area contributed by atoms with Crippen LogP contribution in [0, 0.1) is 3.57 Å². The minimum absolute atomic E-state index is 0.371. The second-order valence-electron chi connectivity index (χ2n) is 2.74. The zero-order chi connectivity index (χ0) is 10.6. The SMILES string of the molecule is COC(=O)[C@@H](C)Oc1cccc(I)c1. The van der Waals surface area contributed by atoms with Gasteiger partial charge in [0.1, 0.15) is 5.75 Å². The van der Waals surface area contributed by atoms with Gasteiger partial charge in [-0.15, -0.1) is 0 Å². The summed E-state index contributed by atoms with van der Waals surface area (Å²) in [7, 11) is 1.34. The lowest BCUT2D eigenvalue weighted by molar-refractivity contribution is -0.147. The van der Waals surface area contributed by atoms with Crippen LogP contribution >= 0.6 is 22.6 Å². The lowest BCUT2D eigenvalue weighted by atomic mass is 10.3. The number of ether oxygens (including phenoxy) is 2. The van der Waals surface area contributed by atoms with E-state index in [2.05, 4.69) is 27.3 Å². The molecular formula is C10H11IO3. The highest BCUT2D eigenvalue weighted by atomic mass is 127. The Labute approximate surface area is 96.5 Å². The Kier molecular flexibility index (Phi) is 4.19. The van der Waals surface area contributed by atoms with Gasteiger partial charge in [0.05, 0.1) is 7.11 Å². The highest BCUT2D eigenvalue weighted by molar-refractivity contribution is 14.1. The van der Waals surface area contributed by atoms with Crippen molar-refractivity contribution in [3.8, 4) is 5.75 Å². The molecule has 0 heterocycles. The van der Waals surface area contributed by atoms with E-state index >= 15 is 0 Å². The van der Waals surface area contributed by atoms with Gasteiger partial charge in [0.15, 0.2) is 6.10 Å². The van der Waals surface area contributed by atoms with E-state index in [1.807, 2.05) is 24.3 Å². The van der Waals surface area contributed by atoms with E-state index in [0.717, 1.165) is 3.57 Å². The molecule has 0 amide bonds. The first-order valence-corrected chi connectivity index (χ1v) is 5.21. The molecule has 4 heteroatoms. The fraction of sp³-hybridized carbons (Fsp3) is 0.300. The van der Waals surface area contributed by atoms with Crippen LogP contribution in [0.15, 0.2) is 24.3 Å². The number of halogens is 1. The maximum absolute atomic E-state index is 11.1. The van der Waals surface area contributed by atoms with E-state index in [1.165, 1.54) is 7.11 Å². The number of benzene rings is 1. The second-order valence-corrected chi connectivity index (χ2v) is 3.99. The molecule has 76 valence electrons. The Hall–Kier alpha value is -0.780. The Morgan fingerprint density at radius 3 is 2.79 bits per heavy atom. The van der Waals surface area contributed by atoms with Gasteiger partial charge >= 0.3 is 5.97 Å². The van der Waals surface area contributed by atoms with Gasteiger partial charge in [-0.25, -0.2) is 4.79 Å². The molecule has 0 fully saturated rings. The smallest absolute Gasteiger partial charge is 0.346 e. The predicted octanol–water partition coefficient (Wildman–Crippen LogP) is 2.23. The fourth-order valence-corrected chi connectivity index (χ4v) is 1.47. The summed E-state index contributed by atoms with van der Waals surface area (Å²) in [5, 5.41) is 0. The van der Waals surface area contributed by atoms with E-state index in [1.54, 1.807) is 6.92 Å². The topological polar surface area (TPSA) is 35.5 Å². The molecule has 0 unspecified atom stereocenters. The highest BCUT2D eigenvalue weighted by Crippen LogP contribution is 2.16. The molecule has 0 saturated heterocycles. The van der Waals surface area contributed by atoms with Gasteiger partial charge < -0.3 is 9.47 Å². The lowest BCUT2D eigenvalue weighted by Gasteiger charge is -2.12. The summed E-state index contributed by atoms with van der Waals surface area (Å²) < 4.78 is 11.0. The third-order valence-corrected chi connectivity index (χ3v) is 2.31. The van der Waals surface area contributed by atoms with Crippen molar-refractivity contribution >= 4 is 28.6 Å². The number of hydrogen-bond donors (Lipinski definition) is 0. The summed E-state index contributed by atoms with van der Waals surface area (Å²) in [5.74, 6) is 0.304. The average Bonchev–Trinajstić information content (AvgIpc) is 2.16. The Morgan fingerprint density at radius 1 is 1.50 bits per heavy atom. The fourth-order valence-electron chi connectivity index (χ4n) is 0.959. The Bertz CT molecular complexity index is 325. The molecule has 0 aromatic heterocycles. The van der Waals surface area contributed by atoms with Crippen molar-refractivity contribution in [1.29, 1.82) is 0 Å². The molecule has 0 aliphatic rings. The van der Waals surface area contributed by atoms with E-state index in [0.29, 0.717) is 5.75 Å². The number of methoxy groups -OCH3 is 1. The van der Waals surface area contributed by atoms with Crippen LogP contribution in [0.3, 0.4) is 0 Å². The third kappa shape index (κ3) is 3.17. The zero-order valence-corrected chi connectivity index (χ0v) is 10.1. The molecule has 3 nitrogen and oxygen atoms in total. The number of carbonyl (C=O) groups is 1. The van der Waals surface area contributed by atoms with Crippen molar-refractivity contribution in [2.24, 2.45) is 0 Å². The van der Waals surface area contributed by atoms with Crippen molar-refractivity contribution in [3.05, 3.63) is 27.8 Å². The summed E-state index contributed by atoms with van der Waals surface area (Å²) in [5.41, 5.74) is 0. The van der Waals surface area contributed by atoms with Crippen molar-refractivity contribution in [3.63, 3.8) is 0 Å². The molecule has 0 saturated carbocycles. The van der Waals surface area contributed by atoms with Crippen LogP contribution in [-0.2, 0) is 9.53 Å². The first kappa shape index (κ1) is 11.3. The van der Waals surface area contributed by atoms with Crippen LogP contribution in [0.25, 0.3) is 0 Å². The highest BCUT2D eigenvalue weighted by Gasteiger charge is 2.14. The number of hydrogen-bond acceptors (Lipinski definition) is 3. The Balaban J connectivity index is 2.64. The standard InChI is InChI=1S/C10H11IO3/c1-7(10(12)13-2)14-9-5-3-4-8(11)6-9/h3-7H,1-2H3/t7-/m1/s1. The van der Waals surface area contributed by atoms with Gasteiger partial charge in [-0.3, -0.25) is 0 Å². The molecule has 0 N–H and O–H groups in total. The maximum atomic E-state index is 11.1. The molecule has 0 aliphatic carbocycles. The third-order valence-electron chi connectivity index (χ3n) is 1.64. The van der Waals surface area contributed by atoms with Crippen LogP contribution in [0.2, 0.25) is 0 Å². The number of rotatable bonds is 3. The van der Waals surface area contributed by atoms with Crippen LogP contribution in [0.4, 0.5) is 0 Å². The average molecular weight is 306 g/mol. The lowest BCUT2D eigenvalue weighted by Crippen LogP contribution is -2.24. The van der Waals surface area contributed by atoms with E-state index in [-0.39, 0.29) is 5.97 Å². The summed E-state index contributed by atoms with van der Waals surface area (Å²) in [6, 6.07) is 7.50. The van der Waals surface area contributed by atoms with Gasteiger partial charge in [-0.05, 0) is 47.7 Å². The molecule has 0 spiro atoms. The summed E-state index contributed by atoms with van der Waals surface area (Å²) in [6.45, 7) is 1.66. The van der Waals surface area contributed by atoms with Crippen LogP contribution in [-0.4, -0.2) is 19.2 Å². The molecule has 14 heavy (non-hydrogen) atoms. The largest absolute Gasteiger partial charge is 0.479 e. The predicted molar refractivity (Wildman–Crippen MR) is 61.3 cm³/mol. The number of carbonyl (C=O) groups excluding carboxylic acids is 1. The molecule has 0 aliphatic heterocycles. The summed E-state index contributed by atoms with van der Waals surface area (Å²) in [4.78, 5) is 11.1. The molecular weight excluding hydrogens is 295 g/mol. The van der Waals surface area contributed by atoms with E-state index < -0.39 is 6.10 Å². The minimum atomic E-state index is -0.571. The molecule has 1 atom stereocenters. The van der Waals surface area contributed by atoms with Crippen LogP contribution in [0.5, 0.6) is 5.75 Å². The number of esters is 1. The maximum Gasteiger partial charge on any atom is 0.346 e. The normalized spacial score (nSPS) is 11.9. The molecule has 1 rings (SSSR count). The van der Waals surface area contributed by atoms with Crippen molar-refractivity contribution < 1.29 is 14.3 Å². The molecule has 1 aromatic carbocycles. The van der Waals surface area contributed by atoms with Gasteiger partial charge in [0.2, 0.25) is 0 Å². The van der Waals surface area contributed by atoms with Gasteiger partial charge in [-0.2, -0.15) is 0 Å². The minimum Gasteiger partial charge on any atom is -0.479 e. The second kappa shape index (κ2) is 5.19. The first-order valence-electron chi connectivity index (χ1n) is 4.13. The molecule has 0 bridgehead atoms.